The van der Waals surface area contributed by atoms with Crippen LogP contribution in [0.15, 0.2) is 67.0 Å². The second-order valence-corrected chi connectivity index (χ2v) is 6.13. The highest BCUT2D eigenvalue weighted by atomic mass is 16.5. The lowest BCUT2D eigenvalue weighted by molar-refractivity contribution is -0.120. The lowest BCUT2D eigenvalue weighted by atomic mass is 10.1. The Hall–Kier alpha value is -3.21. The summed E-state index contributed by atoms with van der Waals surface area (Å²) in [5, 5.41) is 2.94. The second kappa shape index (κ2) is 9.48. The molecule has 138 valence electrons. The normalized spacial score (nSPS) is 10.4. The third-order valence-corrected chi connectivity index (χ3v) is 4.07. The Morgan fingerprint density at radius 1 is 0.963 bits per heavy atom. The first-order chi connectivity index (χ1) is 13.2. The predicted octanol–water partition coefficient (Wildman–Crippen LogP) is 3.44. The monoisotopic (exact) mass is 361 g/mol. The average molecular weight is 361 g/mol. The summed E-state index contributed by atoms with van der Waals surface area (Å²) in [5.41, 5.74) is 2.95. The van der Waals surface area contributed by atoms with Crippen molar-refractivity contribution >= 4 is 5.91 Å². The SMILES string of the molecule is CCOc1ccc(CC(=O)NCCc2cnc(-c3ccccc3)nc2)cc1. The largest absolute Gasteiger partial charge is 0.494 e. The highest BCUT2D eigenvalue weighted by Crippen LogP contribution is 2.14. The Kier molecular flexibility index (Phi) is 6.52. The molecule has 0 aliphatic rings. The van der Waals surface area contributed by atoms with E-state index in [1.807, 2.05) is 73.9 Å². The van der Waals surface area contributed by atoms with Gasteiger partial charge in [0.25, 0.3) is 0 Å². The van der Waals surface area contributed by atoms with E-state index in [1.165, 1.54) is 0 Å². The molecule has 0 bridgehead atoms. The number of carbonyl (C=O) groups excluding carboxylic acids is 1. The van der Waals surface area contributed by atoms with Gasteiger partial charge in [0, 0.05) is 24.5 Å². The molecule has 3 rings (SSSR count). The lowest BCUT2D eigenvalue weighted by Gasteiger charge is -2.07. The molecule has 1 amide bonds. The van der Waals surface area contributed by atoms with Gasteiger partial charge in [0.15, 0.2) is 5.82 Å². The van der Waals surface area contributed by atoms with E-state index in [-0.39, 0.29) is 5.91 Å². The fraction of sp³-hybridized carbons (Fsp3) is 0.227. The van der Waals surface area contributed by atoms with Gasteiger partial charge in [0.1, 0.15) is 5.75 Å². The van der Waals surface area contributed by atoms with Crippen molar-refractivity contribution in [1.82, 2.24) is 15.3 Å². The molecule has 0 unspecified atom stereocenters. The van der Waals surface area contributed by atoms with E-state index < -0.39 is 0 Å². The van der Waals surface area contributed by atoms with Gasteiger partial charge in [-0.15, -0.1) is 0 Å². The fourth-order valence-electron chi connectivity index (χ4n) is 2.68. The van der Waals surface area contributed by atoms with Crippen molar-refractivity contribution < 1.29 is 9.53 Å². The molecule has 1 heterocycles. The molecule has 0 atom stereocenters. The van der Waals surface area contributed by atoms with Crippen LogP contribution in [0.2, 0.25) is 0 Å². The number of benzene rings is 2. The molecule has 27 heavy (non-hydrogen) atoms. The van der Waals surface area contributed by atoms with Crippen molar-refractivity contribution in [3.63, 3.8) is 0 Å². The van der Waals surface area contributed by atoms with Gasteiger partial charge in [-0.05, 0) is 36.6 Å². The van der Waals surface area contributed by atoms with Crippen molar-refractivity contribution in [2.75, 3.05) is 13.2 Å². The summed E-state index contributed by atoms with van der Waals surface area (Å²) in [7, 11) is 0. The molecule has 0 aliphatic heterocycles. The van der Waals surface area contributed by atoms with Gasteiger partial charge < -0.3 is 10.1 Å². The van der Waals surface area contributed by atoms with Gasteiger partial charge in [-0.1, -0.05) is 42.5 Å². The molecule has 0 saturated heterocycles. The van der Waals surface area contributed by atoms with Crippen LogP contribution in [-0.4, -0.2) is 29.0 Å². The predicted molar refractivity (Wildman–Crippen MR) is 105 cm³/mol. The Bertz CT molecular complexity index is 847. The third kappa shape index (κ3) is 5.64. The molecule has 0 radical (unpaired) electrons. The van der Waals surface area contributed by atoms with Crippen LogP contribution in [-0.2, 0) is 17.6 Å². The minimum Gasteiger partial charge on any atom is -0.494 e. The molecule has 0 spiro atoms. The van der Waals surface area contributed by atoms with E-state index in [1.54, 1.807) is 0 Å². The molecule has 0 fully saturated rings. The lowest BCUT2D eigenvalue weighted by Crippen LogP contribution is -2.27. The Balaban J connectivity index is 1.44. The van der Waals surface area contributed by atoms with Crippen LogP contribution in [0, 0.1) is 0 Å². The van der Waals surface area contributed by atoms with E-state index in [4.69, 9.17) is 4.74 Å². The maximum absolute atomic E-state index is 12.1. The van der Waals surface area contributed by atoms with Crippen LogP contribution < -0.4 is 10.1 Å². The van der Waals surface area contributed by atoms with Crippen molar-refractivity contribution in [3.8, 4) is 17.1 Å². The van der Waals surface area contributed by atoms with Crippen LogP contribution in [0.4, 0.5) is 0 Å². The summed E-state index contributed by atoms with van der Waals surface area (Å²) in [6, 6.07) is 17.5. The standard InChI is InChI=1S/C22H23N3O2/c1-2-27-20-10-8-17(9-11-20)14-21(26)23-13-12-18-15-24-22(25-16-18)19-6-4-3-5-7-19/h3-11,15-16H,2,12-14H2,1H3,(H,23,26). The maximum Gasteiger partial charge on any atom is 0.224 e. The quantitative estimate of drug-likeness (QED) is 0.667. The second-order valence-electron chi connectivity index (χ2n) is 6.13. The molecular formula is C22H23N3O2. The van der Waals surface area contributed by atoms with E-state index in [0.29, 0.717) is 31.8 Å². The van der Waals surface area contributed by atoms with E-state index >= 15 is 0 Å². The highest BCUT2D eigenvalue weighted by Gasteiger charge is 2.05. The van der Waals surface area contributed by atoms with E-state index in [2.05, 4.69) is 15.3 Å². The molecule has 1 aromatic heterocycles. The van der Waals surface area contributed by atoms with Crippen molar-refractivity contribution in [1.29, 1.82) is 0 Å². The average Bonchev–Trinajstić information content (AvgIpc) is 2.71. The number of rotatable bonds is 8. The molecule has 0 saturated carbocycles. The van der Waals surface area contributed by atoms with Gasteiger partial charge in [-0.2, -0.15) is 0 Å². The number of hydrogen-bond acceptors (Lipinski definition) is 4. The number of carbonyl (C=O) groups is 1. The zero-order chi connectivity index (χ0) is 18.9. The van der Waals surface area contributed by atoms with E-state index in [0.717, 1.165) is 22.4 Å². The minimum atomic E-state index is 0.000911. The van der Waals surface area contributed by atoms with Crippen molar-refractivity contribution in [3.05, 3.63) is 78.1 Å². The smallest absolute Gasteiger partial charge is 0.224 e. The number of nitrogens with zero attached hydrogens (tertiary/aromatic N) is 2. The molecule has 3 aromatic rings. The number of nitrogens with one attached hydrogen (secondary N) is 1. The number of aromatic nitrogens is 2. The highest BCUT2D eigenvalue weighted by molar-refractivity contribution is 5.78. The zero-order valence-electron chi connectivity index (χ0n) is 15.4. The van der Waals surface area contributed by atoms with Crippen LogP contribution >= 0.6 is 0 Å². The third-order valence-electron chi connectivity index (χ3n) is 4.07. The van der Waals surface area contributed by atoms with Gasteiger partial charge >= 0.3 is 0 Å². The van der Waals surface area contributed by atoms with Gasteiger partial charge in [-0.3, -0.25) is 4.79 Å². The van der Waals surface area contributed by atoms with Crippen molar-refractivity contribution in [2.24, 2.45) is 0 Å². The fourth-order valence-corrected chi connectivity index (χ4v) is 2.68. The first kappa shape index (κ1) is 18.6. The molecule has 5 heteroatoms. The van der Waals surface area contributed by atoms with Crippen LogP contribution in [0.3, 0.4) is 0 Å². The van der Waals surface area contributed by atoms with Crippen LogP contribution in [0.25, 0.3) is 11.4 Å². The van der Waals surface area contributed by atoms with Gasteiger partial charge in [0.05, 0.1) is 13.0 Å². The summed E-state index contributed by atoms with van der Waals surface area (Å²) in [6.45, 7) is 3.14. The number of ether oxygens (including phenoxy) is 1. The molecular weight excluding hydrogens is 338 g/mol. The summed E-state index contributed by atoms with van der Waals surface area (Å²) in [6.07, 6.45) is 4.68. The maximum atomic E-state index is 12.1. The number of hydrogen-bond donors (Lipinski definition) is 1. The molecule has 0 aliphatic carbocycles. The zero-order valence-corrected chi connectivity index (χ0v) is 15.4. The first-order valence-electron chi connectivity index (χ1n) is 9.09. The van der Waals surface area contributed by atoms with Gasteiger partial charge in [0.2, 0.25) is 5.91 Å². The van der Waals surface area contributed by atoms with Crippen LogP contribution in [0.5, 0.6) is 5.75 Å². The Morgan fingerprint density at radius 3 is 2.33 bits per heavy atom. The molecule has 5 nitrogen and oxygen atoms in total. The summed E-state index contributed by atoms with van der Waals surface area (Å²) >= 11 is 0. The summed E-state index contributed by atoms with van der Waals surface area (Å²) < 4.78 is 5.40. The first-order valence-corrected chi connectivity index (χ1v) is 9.09. The topological polar surface area (TPSA) is 64.1 Å². The minimum absolute atomic E-state index is 0.000911. The van der Waals surface area contributed by atoms with Crippen molar-refractivity contribution in [2.45, 2.75) is 19.8 Å². The van der Waals surface area contributed by atoms with Gasteiger partial charge in [-0.25, -0.2) is 9.97 Å². The molecule has 1 N–H and O–H groups in total. The van der Waals surface area contributed by atoms with E-state index in [9.17, 15) is 4.79 Å². The Morgan fingerprint density at radius 2 is 1.67 bits per heavy atom. The number of amides is 1. The Labute approximate surface area is 159 Å². The molecule has 2 aromatic carbocycles. The summed E-state index contributed by atoms with van der Waals surface area (Å²) in [4.78, 5) is 20.9. The van der Waals surface area contributed by atoms with Crippen LogP contribution in [0.1, 0.15) is 18.1 Å². The summed E-state index contributed by atoms with van der Waals surface area (Å²) in [5.74, 6) is 1.53.